The Kier molecular flexibility index (Phi) is 9.32. The van der Waals surface area contributed by atoms with Gasteiger partial charge in [0.2, 0.25) is 11.8 Å². The van der Waals surface area contributed by atoms with Gasteiger partial charge in [0.1, 0.15) is 11.9 Å². The van der Waals surface area contributed by atoms with Gasteiger partial charge in [0.05, 0.1) is 17.8 Å². The molecule has 6 rings (SSSR count). The molecule has 3 aliphatic heterocycles. The first-order chi connectivity index (χ1) is 21.7. The molecule has 3 atom stereocenters. The summed E-state index contributed by atoms with van der Waals surface area (Å²) in [5.41, 5.74) is 5.07. The maximum absolute atomic E-state index is 12.3. The molecule has 238 valence electrons. The summed E-state index contributed by atoms with van der Waals surface area (Å²) in [7, 11) is 3.84. The zero-order chi connectivity index (χ0) is 31.5. The lowest BCUT2D eigenvalue weighted by Crippen LogP contribution is -2.43. The van der Waals surface area contributed by atoms with Gasteiger partial charge in [0.25, 0.3) is 5.56 Å². The van der Waals surface area contributed by atoms with E-state index in [4.69, 9.17) is 4.74 Å². The topological polar surface area (TPSA) is 109 Å². The van der Waals surface area contributed by atoms with Gasteiger partial charge in [-0.2, -0.15) is 5.10 Å². The number of benzene rings is 2. The van der Waals surface area contributed by atoms with Crippen LogP contribution in [0, 0.1) is 6.92 Å². The monoisotopic (exact) mass is 612 g/mol. The molecule has 3 unspecified atom stereocenters. The SMILES string of the molecule is Cc1c(NC2CC(c3ccc(CN4CCC(Oc5ccc(C6CCC(=O)NC6=O)cc5)CC4)cc3)CN(C)C2)cnn(C)c1=O. The van der Waals surface area contributed by atoms with Gasteiger partial charge >= 0.3 is 0 Å². The van der Waals surface area contributed by atoms with E-state index in [1.165, 1.54) is 15.8 Å². The second-order valence-corrected chi connectivity index (χ2v) is 13.0. The van der Waals surface area contributed by atoms with Crippen molar-refractivity contribution in [2.45, 2.75) is 69.6 Å². The Morgan fingerprint density at radius 3 is 2.36 bits per heavy atom. The van der Waals surface area contributed by atoms with Crippen molar-refractivity contribution >= 4 is 17.5 Å². The fourth-order valence-corrected chi connectivity index (χ4v) is 7.00. The van der Waals surface area contributed by atoms with E-state index in [-0.39, 0.29) is 35.4 Å². The molecule has 3 saturated heterocycles. The van der Waals surface area contributed by atoms with Gasteiger partial charge in [0, 0.05) is 57.8 Å². The molecule has 3 aromatic rings. The van der Waals surface area contributed by atoms with Crippen LogP contribution in [0.2, 0.25) is 0 Å². The van der Waals surface area contributed by atoms with E-state index in [2.05, 4.69) is 56.8 Å². The predicted molar refractivity (Wildman–Crippen MR) is 173 cm³/mol. The molecule has 4 heterocycles. The summed E-state index contributed by atoms with van der Waals surface area (Å²) in [6.45, 7) is 6.69. The fraction of sp³-hybridized carbons (Fsp3) is 0.486. The number of imide groups is 1. The van der Waals surface area contributed by atoms with Crippen molar-refractivity contribution in [1.29, 1.82) is 0 Å². The quantitative estimate of drug-likeness (QED) is 0.372. The zero-order valence-corrected chi connectivity index (χ0v) is 26.5. The molecule has 10 nitrogen and oxygen atoms in total. The summed E-state index contributed by atoms with van der Waals surface area (Å²) in [4.78, 5) is 40.8. The van der Waals surface area contributed by atoms with Gasteiger partial charge in [-0.1, -0.05) is 36.4 Å². The van der Waals surface area contributed by atoms with E-state index >= 15 is 0 Å². The summed E-state index contributed by atoms with van der Waals surface area (Å²) >= 11 is 0. The third-order valence-corrected chi connectivity index (χ3v) is 9.59. The van der Waals surface area contributed by atoms with Crippen LogP contribution < -0.4 is 20.9 Å². The average molecular weight is 613 g/mol. The molecule has 0 saturated carbocycles. The number of carbonyl (C=O) groups is 2. The van der Waals surface area contributed by atoms with E-state index in [9.17, 15) is 14.4 Å². The van der Waals surface area contributed by atoms with Crippen molar-refractivity contribution in [3.63, 3.8) is 0 Å². The summed E-state index contributed by atoms with van der Waals surface area (Å²) in [5.74, 6) is 0.567. The molecule has 10 heteroatoms. The molecule has 2 N–H and O–H groups in total. The molecule has 45 heavy (non-hydrogen) atoms. The minimum atomic E-state index is -0.272. The van der Waals surface area contributed by atoms with Crippen LogP contribution in [0.3, 0.4) is 0 Å². The summed E-state index contributed by atoms with van der Waals surface area (Å²) in [6.07, 6.45) is 5.81. The summed E-state index contributed by atoms with van der Waals surface area (Å²) in [5, 5.41) is 10.2. The fourth-order valence-electron chi connectivity index (χ4n) is 7.00. The number of nitrogens with zero attached hydrogens (tertiary/aromatic N) is 4. The minimum Gasteiger partial charge on any atom is -0.490 e. The van der Waals surface area contributed by atoms with Crippen LogP contribution in [0.15, 0.2) is 59.5 Å². The van der Waals surface area contributed by atoms with Crippen LogP contribution in [0.4, 0.5) is 5.69 Å². The van der Waals surface area contributed by atoms with Gasteiger partial charge < -0.3 is 15.0 Å². The van der Waals surface area contributed by atoms with E-state index in [1.54, 1.807) is 13.2 Å². The number of nitrogens with one attached hydrogen (secondary N) is 2. The van der Waals surface area contributed by atoms with Crippen LogP contribution in [-0.2, 0) is 23.2 Å². The number of likely N-dealkylation sites (tertiary alicyclic amines) is 2. The molecular weight excluding hydrogens is 568 g/mol. The van der Waals surface area contributed by atoms with Gasteiger partial charge in [-0.25, -0.2) is 4.68 Å². The second kappa shape index (κ2) is 13.5. The molecular formula is C35H44N6O4. The molecule has 0 radical (unpaired) electrons. The lowest BCUT2D eigenvalue weighted by molar-refractivity contribution is -0.134. The Hall–Kier alpha value is -4.02. The maximum atomic E-state index is 12.3. The third kappa shape index (κ3) is 7.45. The number of aryl methyl sites for hydroxylation is 1. The number of ether oxygens (including phenoxy) is 1. The van der Waals surface area contributed by atoms with E-state index in [0.717, 1.165) is 69.0 Å². The number of rotatable bonds is 8. The number of likely N-dealkylation sites (N-methyl/N-ethyl adjacent to an activating group) is 1. The Labute approximate surface area is 264 Å². The largest absolute Gasteiger partial charge is 0.490 e. The first-order valence-corrected chi connectivity index (χ1v) is 16.1. The first kappa shape index (κ1) is 31.0. The summed E-state index contributed by atoms with van der Waals surface area (Å²) in [6, 6.07) is 17.1. The number of anilines is 1. The highest BCUT2D eigenvalue weighted by Gasteiger charge is 2.29. The highest BCUT2D eigenvalue weighted by molar-refractivity contribution is 6.00. The number of piperidine rings is 3. The van der Waals surface area contributed by atoms with Gasteiger partial charge in [-0.05, 0) is 74.4 Å². The number of hydrogen-bond donors (Lipinski definition) is 2. The average Bonchev–Trinajstić information content (AvgIpc) is 3.03. The normalized spacial score (nSPS) is 23.5. The molecule has 1 aromatic heterocycles. The van der Waals surface area contributed by atoms with Crippen molar-refractivity contribution in [2.75, 3.05) is 38.5 Å². The van der Waals surface area contributed by atoms with E-state index in [0.29, 0.717) is 24.3 Å². The number of carbonyl (C=O) groups excluding carboxylic acids is 2. The molecule has 2 aromatic carbocycles. The van der Waals surface area contributed by atoms with Gasteiger partial charge in [0.15, 0.2) is 0 Å². The van der Waals surface area contributed by atoms with Crippen LogP contribution in [-0.4, -0.2) is 76.8 Å². The van der Waals surface area contributed by atoms with E-state index in [1.807, 2.05) is 31.2 Å². The Morgan fingerprint density at radius 2 is 1.64 bits per heavy atom. The van der Waals surface area contributed by atoms with Crippen molar-refractivity contribution in [3.8, 4) is 5.75 Å². The van der Waals surface area contributed by atoms with Crippen molar-refractivity contribution in [1.82, 2.24) is 24.9 Å². The van der Waals surface area contributed by atoms with Crippen LogP contribution in [0.25, 0.3) is 0 Å². The van der Waals surface area contributed by atoms with E-state index < -0.39 is 0 Å². The van der Waals surface area contributed by atoms with Crippen molar-refractivity contribution in [3.05, 3.63) is 87.3 Å². The standard InChI is InChI=1S/C35H44N6O4/c1-23-32(19-36-40(3)35(23)44)37-28-18-27(21-39(2)22-28)25-6-4-24(5-7-25)20-41-16-14-30(15-17-41)45-29-10-8-26(9-11-29)31-12-13-33(42)38-34(31)43/h4-11,19,27-28,30-31,37H,12-18,20-22H2,1-3H3,(H,38,42,43). The van der Waals surface area contributed by atoms with Gasteiger partial charge in [-0.15, -0.1) is 0 Å². The Morgan fingerprint density at radius 1 is 0.933 bits per heavy atom. The number of hydrogen-bond acceptors (Lipinski definition) is 8. The van der Waals surface area contributed by atoms with Crippen LogP contribution in [0.5, 0.6) is 5.75 Å². The second-order valence-electron chi connectivity index (χ2n) is 13.0. The molecule has 0 aliphatic carbocycles. The maximum Gasteiger partial charge on any atom is 0.271 e. The number of amides is 2. The summed E-state index contributed by atoms with van der Waals surface area (Å²) < 4.78 is 7.66. The first-order valence-electron chi connectivity index (χ1n) is 16.1. The van der Waals surface area contributed by atoms with Crippen LogP contribution in [0.1, 0.15) is 66.2 Å². The zero-order valence-electron chi connectivity index (χ0n) is 26.5. The smallest absolute Gasteiger partial charge is 0.271 e. The van der Waals surface area contributed by atoms with Crippen LogP contribution >= 0.6 is 0 Å². The lowest BCUT2D eigenvalue weighted by Gasteiger charge is -2.37. The molecule has 2 amide bonds. The number of aromatic nitrogens is 2. The third-order valence-electron chi connectivity index (χ3n) is 9.59. The molecule has 3 aliphatic rings. The Bertz CT molecular complexity index is 1560. The van der Waals surface area contributed by atoms with Crippen molar-refractivity contribution < 1.29 is 14.3 Å². The highest BCUT2D eigenvalue weighted by Crippen LogP contribution is 2.30. The van der Waals surface area contributed by atoms with Gasteiger partial charge in [-0.3, -0.25) is 24.6 Å². The molecule has 0 bridgehead atoms. The minimum absolute atomic E-state index is 0.0635. The van der Waals surface area contributed by atoms with Crippen molar-refractivity contribution in [2.24, 2.45) is 7.05 Å². The molecule has 3 fully saturated rings. The lowest BCUT2D eigenvalue weighted by atomic mass is 9.87. The predicted octanol–water partition coefficient (Wildman–Crippen LogP) is 3.55. The highest BCUT2D eigenvalue weighted by atomic mass is 16.5. The Balaban J connectivity index is 0.973. The molecule has 0 spiro atoms.